The van der Waals surface area contributed by atoms with Crippen molar-refractivity contribution in [3.63, 3.8) is 0 Å². The van der Waals surface area contributed by atoms with Crippen molar-refractivity contribution >= 4 is 40.0 Å². The summed E-state index contributed by atoms with van der Waals surface area (Å²) in [6.07, 6.45) is 8.16. The van der Waals surface area contributed by atoms with Gasteiger partial charge in [-0.05, 0) is 18.8 Å². The molecule has 2 N–H and O–H groups in total. The Morgan fingerprint density at radius 2 is 2.00 bits per heavy atom. The Morgan fingerprint density at radius 1 is 1.40 bits per heavy atom. The van der Waals surface area contributed by atoms with E-state index >= 15 is 0 Å². The first-order chi connectivity index (χ1) is 8.97. The average molecular weight is 414 g/mol. The van der Waals surface area contributed by atoms with Gasteiger partial charge in [-0.3, -0.25) is 4.99 Å². The van der Waals surface area contributed by atoms with Crippen molar-refractivity contribution in [1.29, 1.82) is 0 Å². The molecule has 1 heterocycles. The molecule has 8 heteroatoms. The Balaban J connectivity index is 0.00000361. The second-order valence-electron chi connectivity index (χ2n) is 4.62. The highest BCUT2D eigenvalue weighted by Gasteiger charge is 2.24. The SMILES string of the molecule is C#CCNC(=NC)NCC1CCN(S(C)(=O)=O)CC1.I. The van der Waals surface area contributed by atoms with Gasteiger partial charge in [0.25, 0.3) is 0 Å². The van der Waals surface area contributed by atoms with Crippen molar-refractivity contribution in [1.82, 2.24) is 14.9 Å². The first kappa shape index (κ1) is 19.5. The number of piperidine rings is 1. The molecule has 0 amide bonds. The molecule has 0 spiro atoms. The fraction of sp³-hybridized carbons (Fsp3) is 0.750. The van der Waals surface area contributed by atoms with Crippen LogP contribution in [0, 0.1) is 18.3 Å². The van der Waals surface area contributed by atoms with Gasteiger partial charge in [0.15, 0.2) is 5.96 Å². The van der Waals surface area contributed by atoms with Gasteiger partial charge in [-0.25, -0.2) is 12.7 Å². The maximum absolute atomic E-state index is 11.4. The van der Waals surface area contributed by atoms with E-state index in [1.807, 2.05) is 0 Å². The number of halogens is 1. The van der Waals surface area contributed by atoms with Gasteiger partial charge in [0, 0.05) is 26.7 Å². The van der Waals surface area contributed by atoms with Gasteiger partial charge in [-0.1, -0.05) is 5.92 Å². The second kappa shape index (κ2) is 9.41. The highest BCUT2D eigenvalue weighted by Crippen LogP contribution is 2.18. The molecule has 0 atom stereocenters. The molecule has 0 aliphatic carbocycles. The molecule has 0 aromatic carbocycles. The summed E-state index contributed by atoms with van der Waals surface area (Å²) in [7, 11) is -1.35. The lowest BCUT2D eigenvalue weighted by Gasteiger charge is -2.30. The molecular weight excluding hydrogens is 391 g/mol. The van der Waals surface area contributed by atoms with Gasteiger partial charge in [0.05, 0.1) is 12.8 Å². The molecule has 1 saturated heterocycles. The van der Waals surface area contributed by atoms with Crippen molar-refractivity contribution in [2.24, 2.45) is 10.9 Å². The number of nitrogens with one attached hydrogen (secondary N) is 2. The third-order valence-electron chi connectivity index (χ3n) is 3.18. The number of sulfonamides is 1. The van der Waals surface area contributed by atoms with Crippen LogP contribution in [0.1, 0.15) is 12.8 Å². The van der Waals surface area contributed by atoms with Gasteiger partial charge in [0.1, 0.15) is 0 Å². The van der Waals surface area contributed by atoms with E-state index in [9.17, 15) is 8.42 Å². The Labute approximate surface area is 138 Å². The minimum absolute atomic E-state index is 0. The Kier molecular flexibility index (Phi) is 9.16. The van der Waals surface area contributed by atoms with E-state index in [1.165, 1.54) is 10.6 Å². The van der Waals surface area contributed by atoms with Gasteiger partial charge in [-0.2, -0.15) is 0 Å². The average Bonchev–Trinajstić information content (AvgIpc) is 2.38. The zero-order valence-corrected chi connectivity index (χ0v) is 15.1. The minimum Gasteiger partial charge on any atom is -0.356 e. The predicted octanol–water partition coefficient (Wildman–Crippen LogP) is 0.0742. The molecule has 0 aromatic heterocycles. The highest BCUT2D eigenvalue weighted by molar-refractivity contribution is 14.0. The fourth-order valence-electron chi connectivity index (χ4n) is 2.04. The Morgan fingerprint density at radius 3 is 2.45 bits per heavy atom. The quantitative estimate of drug-likeness (QED) is 0.296. The van der Waals surface area contributed by atoms with Crippen LogP contribution in [-0.2, 0) is 10.0 Å². The molecule has 6 nitrogen and oxygen atoms in total. The summed E-state index contributed by atoms with van der Waals surface area (Å²) in [5.74, 6) is 3.63. The number of terminal acetylenes is 1. The van der Waals surface area contributed by atoms with Gasteiger partial charge >= 0.3 is 0 Å². The van der Waals surface area contributed by atoms with Gasteiger partial charge in [0.2, 0.25) is 10.0 Å². The maximum Gasteiger partial charge on any atom is 0.211 e. The lowest BCUT2D eigenvalue weighted by atomic mass is 9.98. The summed E-state index contributed by atoms with van der Waals surface area (Å²) in [5, 5.41) is 6.19. The minimum atomic E-state index is -3.04. The van der Waals surface area contributed by atoms with Crippen molar-refractivity contribution in [3.05, 3.63) is 0 Å². The molecule has 1 rings (SSSR count). The predicted molar refractivity (Wildman–Crippen MR) is 92.8 cm³/mol. The number of aliphatic imine (C=N–C) groups is 1. The van der Waals surface area contributed by atoms with E-state index in [0.717, 1.165) is 19.4 Å². The zero-order valence-electron chi connectivity index (χ0n) is 11.9. The van der Waals surface area contributed by atoms with Crippen LogP contribution in [0.4, 0.5) is 0 Å². The van der Waals surface area contributed by atoms with Crippen LogP contribution in [0.3, 0.4) is 0 Å². The van der Waals surface area contributed by atoms with Crippen LogP contribution in [0.5, 0.6) is 0 Å². The third kappa shape index (κ3) is 6.76. The lowest BCUT2D eigenvalue weighted by Crippen LogP contribution is -2.44. The molecule has 0 radical (unpaired) electrons. The Hall–Kier alpha value is -0.530. The lowest BCUT2D eigenvalue weighted by molar-refractivity contribution is 0.275. The standard InChI is InChI=1S/C12H22N4O2S.HI/c1-4-7-14-12(13-2)15-10-11-5-8-16(9-6-11)19(3,17)18;/h1,11H,5-10H2,2-3H3,(H2,13,14,15);1H. The summed E-state index contributed by atoms with van der Waals surface area (Å²) >= 11 is 0. The van der Waals surface area contributed by atoms with Crippen LogP contribution in [-0.4, -0.2) is 58.2 Å². The van der Waals surface area contributed by atoms with Crippen LogP contribution < -0.4 is 10.6 Å². The number of hydrogen-bond acceptors (Lipinski definition) is 3. The molecule has 116 valence electrons. The van der Waals surface area contributed by atoms with E-state index in [0.29, 0.717) is 31.5 Å². The highest BCUT2D eigenvalue weighted by atomic mass is 127. The summed E-state index contributed by atoms with van der Waals surface area (Å²) in [6, 6.07) is 0. The normalized spacial score (nSPS) is 17.9. The van der Waals surface area contributed by atoms with Crippen molar-refractivity contribution in [3.8, 4) is 12.3 Å². The van der Waals surface area contributed by atoms with E-state index in [-0.39, 0.29) is 24.0 Å². The fourth-order valence-corrected chi connectivity index (χ4v) is 2.92. The van der Waals surface area contributed by atoms with E-state index < -0.39 is 10.0 Å². The van der Waals surface area contributed by atoms with E-state index in [1.54, 1.807) is 7.05 Å². The molecule has 1 aliphatic rings. The third-order valence-corrected chi connectivity index (χ3v) is 4.49. The topological polar surface area (TPSA) is 73.8 Å². The number of rotatable bonds is 4. The smallest absolute Gasteiger partial charge is 0.211 e. The second-order valence-corrected chi connectivity index (χ2v) is 6.60. The molecular formula is C12H23IN4O2S. The zero-order chi connectivity index (χ0) is 14.3. The van der Waals surface area contributed by atoms with Crippen LogP contribution in [0.2, 0.25) is 0 Å². The Bertz CT molecular complexity index is 451. The van der Waals surface area contributed by atoms with Crippen molar-refractivity contribution in [2.75, 3.05) is 39.5 Å². The summed E-state index contributed by atoms with van der Waals surface area (Å²) in [5.41, 5.74) is 0. The van der Waals surface area contributed by atoms with Crippen molar-refractivity contribution in [2.45, 2.75) is 12.8 Å². The largest absolute Gasteiger partial charge is 0.356 e. The molecule has 1 aliphatic heterocycles. The number of nitrogens with zero attached hydrogens (tertiary/aromatic N) is 2. The van der Waals surface area contributed by atoms with Crippen LogP contribution in [0.25, 0.3) is 0 Å². The van der Waals surface area contributed by atoms with Gasteiger partial charge in [-0.15, -0.1) is 30.4 Å². The maximum atomic E-state index is 11.4. The number of guanidine groups is 1. The van der Waals surface area contributed by atoms with E-state index in [2.05, 4.69) is 21.5 Å². The molecule has 1 fully saturated rings. The molecule has 20 heavy (non-hydrogen) atoms. The summed E-state index contributed by atoms with van der Waals surface area (Å²) in [4.78, 5) is 4.06. The molecule has 0 aromatic rings. The van der Waals surface area contributed by atoms with E-state index in [4.69, 9.17) is 6.42 Å². The van der Waals surface area contributed by atoms with Crippen molar-refractivity contribution < 1.29 is 8.42 Å². The summed E-state index contributed by atoms with van der Waals surface area (Å²) in [6.45, 7) is 2.41. The monoisotopic (exact) mass is 414 g/mol. The molecule has 0 saturated carbocycles. The first-order valence-electron chi connectivity index (χ1n) is 6.30. The van der Waals surface area contributed by atoms with Gasteiger partial charge < -0.3 is 10.6 Å². The van der Waals surface area contributed by atoms with Crippen LogP contribution in [0.15, 0.2) is 4.99 Å². The molecule has 0 bridgehead atoms. The first-order valence-corrected chi connectivity index (χ1v) is 8.15. The summed E-state index contributed by atoms with van der Waals surface area (Å²) < 4.78 is 24.3. The molecule has 0 unspecified atom stereocenters. The number of hydrogen-bond donors (Lipinski definition) is 2. The van der Waals surface area contributed by atoms with Crippen LogP contribution >= 0.6 is 24.0 Å².